The molecule has 3 heterocycles. The van der Waals surface area contributed by atoms with Crippen molar-refractivity contribution in [2.45, 2.75) is 38.3 Å². The number of carbonyl (C=O) groups is 1. The molecular formula is C14H19ClN6O. The van der Waals surface area contributed by atoms with Crippen LogP contribution in [0.2, 0.25) is 5.02 Å². The molecule has 0 aliphatic carbocycles. The minimum absolute atomic E-state index is 0.126. The van der Waals surface area contributed by atoms with E-state index in [2.05, 4.69) is 15.3 Å². The van der Waals surface area contributed by atoms with Gasteiger partial charge in [-0.1, -0.05) is 11.6 Å². The molecule has 3 N–H and O–H groups in total. The Kier molecular flexibility index (Phi) is 4.33. The predicted octanol–water partition coefficient (Wildman–Crippen LogP) is 1.93. The maximum Gasteiger partial charge on any atom is 0.273 e. The number of likely N-dealkylation sites (tertiary alicyclic amines) is 1. The van der Waals surface area contributed by atoms with Gasteiger partial charge in [0, 0.05) is 31.5 Å². The number of nitrogen functional groups attached to an aromatic ring is 1. The molecule has 0 saturated carbocycles. The van der Waals surface area contributed by atoms with Crippen LogP contribution in [0.15, 0.2) is 18.5 Å². The number of nitrogens with two attached hydrogens (primary N) is 1. The highest BCUT2D eigenvalue weighted by Gasteiger charge is 2.30. The molecule has 3 rings (SSSR count). The standard InChI is InChI=1S/C14H19ClN6O/c15-11-12(18-19-13(11)16)14(22)21-8-2-1-4-10(21)5-9-20-7-3-6-17-20/h3,6-7,10H,1-2,4-5,8-9H2,(H3,16,18,19)/t10-/m1/s1. The van der Waals surface area contributed by atoms with Crippen molar-refractivity contribution >= 4 is 23.3 Å². The van der Waals surface area contributed by atoms with E-state index in [9.17, 15) is 4.79 Å². The van der Waals surface area contributed by atoms with E-state index in [0.29, 0.717) is 0 Å². The summed E-state index contributed by atoms with van der Waals surface area (Å²) < 4.78 is 1.89. The number of amides is 1. The van der Waals surface area contributed by atoms with Crippen LogP contribution < -0.4 is 5.73 Å². The van der Waals surface area contributed by atoms with Crippen molar-refractivity contribution in [1.29, 1.82) is 0 Å². The molecule has 0 bridgehead atoms. The highest BCUT2D eigenvalue weighted by atomic mass is 35.5. The van der Waals surface area contributed by atoms with E-state index < -0.39 is 0 Å². The molecule has 1 fully saturated rings. The zero-order valence-electron chi connectivity index (χ0n) is 12.2. The molecule has 7 nitrogen and oxygen atoms in total. The monoisotopic (exact) mass is 322 g/mol. The van der Waals surface area contributed by atoms with Gasteiger partial charge < -0.3 is 10.6 Å². The smallest absolute Gasteiger partial charge is 0.273 e. The molecule has 2 aromatic rings. The van der Waals surface area contributed by atoms with Gasteiger partial charge in [0.25, 0.3) is 5.91 Å². The summed E-state index contributed by atoms with van der Waals surface area (Å²) in [6.45, 7) is 1.53. The van der Waals surface area contributed by atoms with E-state index in [-0.39, 0.29) is 28.5 Å². The lowest BCUT2D eigenvalue weighted by molar-refractivity contribution is 0.0588. The summed E-state index contributed by atoms with van der Waals surface area (Å²) in [5.74, 6) is 0.0366. The summed E-state index contributed by atoms with van der Waals surface area (Å²) in [6, 6.07) is 2.09. The van der Waals surface area contributed by atoms with Crippen molar-refractivity contribution < 1.29 is 4.79 Å². The van der Waals surface area contributed by atoms with Gasteiger partial charge in [-0.25, -0.2) is 0 Å². The van der Waals surface area contributed by atoms with Crippen LogP contribution in [-0.4, -0.2) is 43.4 Å². The Hall–Kier alpha value is -2.02. The molecule has 0 unspecified atom stereocenters. The van der Waals surface area contributed by atoms with Crippen molar-refractivity contribution in [3.05, 3.63) is 29.2 Å². The van der Waals surface area contributed by atoms with E-state index in [1.165, 1.54) is 0 Å². The van der Waals surface area contributed by atoms with Crippen molar-refractivity contribution in [3.8, 4) is 0 Å². The molecule has 22 heavy (non-hydrogen) atoms. The second-order valence-corrected chi connectivity index (χ2v) is 5.88. The lowest BCUT2D eigenvalue weighted by atomic mass is 9.99. The first-order valence-electron chi connectivity index (χ1n) is 7.44. The topological polar surface area (TPSA) is 92.8 Å². The van der Waals surface area contributed by atoms with Gasteiger partial charge in [-0.2, -0.15) is 10.2 Å². The summed E-state index contributed by atoms with van der Waals surface area (Å²) in [5, 5.41) is 10.9. The van der Waals surface area contributed by atoms with Crippen LogP contribution in [0.25, 0.3) is 0 Å². The van der Waals surface area contributed by atoms with Crippen LogP contribution in [-0.2, 0) is 6.54 Å². The molecule has 1 saturated heterocycles. The summed E-state index contributed by atoms with van der Waals surface area (Å²) in [7, 11) is 0. The van der Waals surface area contributed by atoms with Gasteiger partial charge in [0.1, 0.15) is 10.7 Å². The second-order valence-electron chi connectivity index (χ2n) is 5.50. The van der Waals surface area contributed by atoms with Crippen LogP contribution in [0.3, 0.4) is 0 Å². The molecule has 1 atom stereocenters. The minimum Gasteiger partial charge on any atom is -0.381 e. The van der Waals surface area contributed by atoms with Crippen LogP contribution in [0, 0.1) is 0 Å². The number of piperidine rings is 1. The highest BCUT2D eigenvalue weighted by Crippen LogP contribution is 2.26. The fourth-order valence-corrected chi connectivity index (χ4v) is 3.08. The molecule has 0 spiro atoms. The third-order valence-corrected chi connectivity index (χ3v) is 4.47. The summed E-state index contributed by atoms with van der Waals surface area (Å²) in [4.78, 5) is 14.6. The van der Waals surface area contributed by atoms with Gasteiger partial charge in [0.05, 0.1) is 0 Å². The van der Waals surface area contributed by atoms with Gasteiger partial charge in [-0.05, 0) is 31.7 Å². The molecule has 8 heteroatoms. The summed E-state index contributed by atoms with van der Waals surface area (Å²) in [5.41, 5.74) is 5.89. The Bertz CT molecular complexity index is 638. The average Bonchev–Trinajstić information content (AvgIpc) is 3.16. The Morgan fingerprint density at radius 2 is 2.36 bits per heavy atom. The van der Waals surface area contributed by atoms with Crippen molar-refractivity contribution in [1.82, 2.24) is 24.9 Å². The van der Waals surface area contributed by atoms with E-state index >= 15 is 0 Å². The van der Waals surface area contributed by atoms with E-state index in [1.807, 2.05) is 21.8 Å². The third-order valence-electron chi connectivity index (χ3n) is 4.09. The molecule has 0 aromatic carbocycles. The first-order valence-corrected chi connectivity index (χ1v) is 7.82. The minimum atomic E-state index is -0.126. The number of nitrogens with one attached hydrogen (secondary N) is 1. The first-order chi connectivity index (χ1) is 10.7. The number of hydrogen-bond donors (Lipinski definition) is 2. The number of carbonyl (C=O) groups excluding carboxylic acids is 1. The number of aromatic amines is 1. The third kappa shape index (κ3) is 2.94. The van der Waals surface area contributed by atoms with Gasteiger partial charge in [-0.15, -0.1) is 0 Å². The maximum atomic E-state index is 12.7. The molecule has 1 aliphatic heterocycles. The normalized spacial score (nSPS) is 18.6. The summed E-state index contributed by atoms with van der Waals surface area (Å²) >= 11 is 6.05. The summed E-state index contributed by atoms with van der Waals surface area (Å²) in [6.07, 6.45) is 7.69. The number of rotatable bonds is 4. The van der Waals surface area contributed by atoms with Crippen molar-refractivity contribution in [2.75, 3.05) is 12.3 Å². The molecule has 0 radical (unpaired) electrons. The van der Waals surface area contributed by atoms with Gasteiger partial charge in [-0.3, -0.25) is 14.6 Å². The van der Waals surface area contributed by atoms with Crippen LogP contribution in [0.1, 0.15) is 36.2 Å². The first kappa shape index (κ1) is 14.9. The van der Waals surface area contributed by atoms with Crippen LogP contribution in [0.4, 0.5) is 5.82 Å². The van der Waals surface area contributed by atoms with Gasteiger partial charge in [0.15, 0.2) is 5.82 Å². The van der Waals surface area contributed by atoms with Crippen molar-refractivity contribution in [2.24, 2.45) is 0 Å². The number of aryl methyl sites for hydroxylation is 1. The fourth-order valence-electron chi connectivity index (χ4n) is 2.91. The molecule has 2 aromatic heterocycles. The second kappa shape index (κ2) is 6.39. The molecular weight excluding hydrogens is 304 g/mol. The quantitative estimate of drug-likeness (QED) is 0.899. The number of aromatic nitrogens is 4. The largest absolute Gasteiger partial charge is 0.381 e. The average molecular weight is 323 g/mol. The van der Waals surface area contributed by atoms with Crippen LogP contribution in [0.5, 0.6) is 0 Å². The van der Waals surface area contributed by atoms with Gasteiger partial charge >= 0.3 is 0 Å². The highest BCUT2D eigenvalue weighted by molar-refractivity contribution is 6.35. The molecule has 1 amide bonds. The maximum absolute atomic E-state index is 12.7. The van der Waals surface area contributed by atoms with E-state index in [1.54, 1.807) is 6.20 Å². The zero-order valence-corrected chi connectivity index (χ0v) is 13.0. The predicted molar refractivity (Wildman–Crippen MR) is 83.5 cm³/mol. The van der Waals surface area contributed by atoms with Crippen molar-refractivity contribution in [3.63, 3.8) is 0 Å². The molecule has 118 valence electrons. The fraction of sp³-hybridized carbons (Fsp3) is 0.500. The Morgan fingerprint density at radius 1 is 1.50 bits per heavy atom. The number of halogens is 1. The SMILES string of the molecule is Nc1n[nH]c(C(=O)N2CCCC[C@@H]2CCn2cccn2)c1Cl. The van der Waals surface area contributed by atoms with E-state index in [4.69, 9.17) is 17.3 Å². The lowest BCUT2D eigenvalue weighted by Crippen LogP contribution is -2.44. The Morgan fingerprint density at radius 3 is 3.05 bits per heavy atom. The number of nitrogens with zero attached hydrogens (tertiary/aromatic N) is 4. The zero-order chi connectivity index (χ0) is 15.5. The number of hydrogen-bond acceptors (Lipinski definition) is 4. The van der Waals surface area contributed by atoms with Gasteiger partial charge in [0.2, 0.25) is 0 Å². The van der Waals surface area contributed by atoms with Crippen LogP contribution >= 0.6 is 11.6 Å². The van der Waals surface area contributed by atoms with E-state index in [0.717, 1.165) is 38.8 Å². The Balaban J connectivity index is 1.71. The Labute approximate surface area is 133 Å². The molecule has 1 aliphatic rings. The lowest BCUT2D eigenvalue weighted by Gasteiger charge is -2.35. The number of H-pyrrole nitrogens is 1. The number of anilines is 1.